The van der Waals surface area contributed by atoms with Crippen LogP contribution in [0.4, 0.5) is 5.69 Å². The summed E-state index contributed by atoms with van der Waals surface area (Å²) in [7, 11) is 0. The molecule has 1 fully saturated rings. The number of hydrogen-bond acceptors (Lipinski definition) is 2. The van der Waals surface area contributed by atoms with Crippen molar-refractivity contribution < 1.29 is 4.74 Å². The summed E-state index contributed by atoms with van der Waals surface area (Å²) >= 11 is 0. The van der Waals surface area contributed by atoms with Gasteiger partial charge in [-0.1, -0.05) is 25.1 Å². The molecule has 164 valence electrons. The maximum absolute atomic E-state index is 6.72. The molecule has 0 bridgehead atoms. The third-order valence-corrected chi connectivity index (χ3v) is 9.52. The Kier molecular flexibility index (Phi) is 4.52. The van der Waals surface area contributed by atoms with Crippen molar-refractivity contribution >= 4 is 5.69 Å². The highest BCUT2D eigenvalue weighted by molar-refractivity contribution is 5.68. The van der Waals surface area contributed by atoms with E-state index in [4.69, 9.17) is 4.74 Å². The van der Waals surface area contributed by atoms with E-state index in [-0.39, 0.29) is 22.2 Å². The molecule has 2 heterocycles. The van der Waals surface area contributed by atoms with Crippen LogP contribution in [0.3, 0.4) is 0 Å². The molecule has 30 heavy (non-hydrogen) atoms. The van der Waals surface area contributed by atoms with E-state index in [2.05, 4.69) is 99.3 Å². The Labute approximate surface area is 184 Å². The number of rotatable bonds is 3. The second-order valence-corrected chi connectivity index (χ2v) is 11.5. The zero-order valence-electron chi connectivity index (χ0n) is 21.1. The van der Waals surface area contributed by atoms with Crippen molar-refractivity contribution in [3.05, 3.63) is 51.7 Å². The second kappa shape index (κ2) is 6.25. The van der Waals surface area contributed by atoms with E-state index in [0.29, 0.717) is 5.92 Å². The first-order valence-corrected chi connectivity index (χ1v) is 11.6. The van der Waals surface area contributed by atoms with Gasteiger partial charge >= 0.3 is 0 Å². The largest absolute Gasteiger partial charge is 0.360 e. The highest BCUT2D eigenvalue weighted by Gasteiger charge is 2.66. The fourth-order valence-corrected chi connectivity index (χ4v) is 6.70. The molecule has 3 atom stereocenters. The number of benzene rings is 1. The molecule has 1 aromatic carbocycles. The SMILES string of the molecule is CC1=C(C)C(C)(CC2CC23OC(C)(C)C(C)=C3C)C(C)(C)N1c1c(C)cccc1C. The lowest BCUT2D eigenvalue weighted by Crippen LogP contribution is -2.50. The highest BCUT2D eigenvalue weighted by Crippen LogP contribution is 2.66. The van der Waals surface area contributed by atoms with E-state index < -0.39 is 0 Å². The Bertz CT molecular complexity index is 958. The molecule has 1 aromatic rings. The van der Waals surface area contributed by atoms with Gasteiger partial charge in [-0.15, -0.1) is 0 Å². The Hall–Kier alpha value is -1.54. The maximum atomic E-state index is 6.72. The molecular weight excluding hydrogens is 366 g/mol. The van der Waals surface area contributed by atoms with Gasteiger partial charge in [0.05, 0.1) is 11.2 Å². The van der Waals surface area contributed by atoms with Crippen LogP contribution in [-0.4, -0.2) is 16.7 Å². The van der Waals surface area contributed by atoms with Crippen molar-refractivity contribution in [3.8, 4) is 0 Å². The van der Waals surface area contributed by atoms with Crippen molar-refractivity contribution in [1.29, 1.82) is 0 Å². The van der Waals surface area contributed by atoms with E-state index in [1.54, 1.807) is 0 Å². The van der Waals surface area contributed by atoms with Gasteiger partial charge in [-0.2, -0.15) is 0 Å². The molecule has 1 aliphatic carbocycles. The summed E-state index contributed by atoms with van der Waals surface area (Å²) in [6.45, 7) is 25.6. The van der Waals surface area contributed by atoms with Crippen molar-refractivity contribution in [1.82, 2.24) is 0 Å². The first-order valence-electron chi connectivity index (χ1n) is 11.6. The van der Waals surface area contributed by atoms with E-state index in [0.717, 1.165) is 0 Å². The first-order chi connectivity index (χ1) is 13.7. The zero-order chi connectivity index (χ0) is 22.4. The summed E-state index contributed by atoms with van der Waals surface area (Å²) < 4.78 is 6.72. The molecule has 0 amide bonds. The molecule has 1 spiro atoms. The summed E-state index contributed by atoms with van der Waals surface area (Å²) in [5.41, 5.74) is 9.94. The molecule has 2 nitrogen and oxygen atoms in total. The Balaban J connectivity index is 1.71. The van der Waals surface area contributed by atoms with Crippen LogP contribution in [0, 0.1) is 25.2 Å². The van der Waals surface area contributed by atoms with Gasteiger partial charge in [-0.25, -0.2) is 0 Å². The van der Waals surface area contributed by atoms with Crippen LogP contribution in [-0.2, 0) is 4.74 Å². The first kappa shape index (κ1) is 21.7. The van der Waals surface area contributed by atoms with Crippen LogP contribution in [0.2, 0.25) is 0 Å². The summed E-state index contributed by atoms with van der Waals surface area (Å²) in [6, 6.07) is 6.67. The maximum Gasteiger partial charge on any atom is 0.0937 e. The van der Waals surface area contributed by atoms with Crippen molar-refractivity contribution in [2.45, 2.75) is 106 Å². The summed E-state index contributed by atoms with van der Waals surface area (Å²) in [5.74, 6) is 0.596. The Morgan fingerprint density at radius 3 is 1.93 bits per heavy atom. The molecule has 2 heteroatoms. The fraction of sp³-hybridized carbons (Fsp3) is 0.643. The lowest BCUT2D eigenvalue weighted by molar-refractivity contribution is -0.0331. The molecule has 0 aromatic heterocycles. The highest BCUT2D eigenvalue weighted by atomic mass is 16.5. The standard InChI is InChI=1S/C28H41NO/c1-17-13-12-14-18(2)24(17)29-22(6)21(5)27(11,26(29,9)10)15-23-16-28(23)20(4)19(3)25(7,8)30-28/h12-14,23H,15-16H2,1-11H3. The third-order valence-electron chi connectivity index (χ3n) is 9.52. The minimum atomic E-state index is -0.129. The van der Waals surface area contributed by atoms with Crippen LogP contribution >= 0.6 is 0 Å². The molecular formula is C28H41NO. The van der Waals surface area contributed by atoms with Gasteiger partial charge in [0.1, 0.15) is 0 Å². The van der Waals surface area contributed by atoms with Crippen LogP contribution in [0.5, 0.6) is 0 Å². The quantitative estimate of drug-likeness (QED) is 0.481. The van der Waals surface area contributed by atoms with Crippen molar-refractivity contribution in [2.75, 3.05) is 4.90 Å². The van der Waals surface area contributed by atoms with Gasteiger partial charge in [0.25, 0.3) is 0 Å². The lowest BCUT2D eigenvalue weighted by Gasteiger charge is -2.47. The van der Waals surface area contributed by atoms with Crippen molar-refractivity contribution in [3.63, 3.8) is 0 Å². The zero-order valence-corrected chi connectivity index (χ0v) is 21.1. The smallest absolute Gasteiger partial charge is 0.0937 e. The van der Waals surface area contributed by atoms with Gasteiger partial charge in [-0.05, 0) is 116 Å². The number of ether oxygens (including phenoxy) is 1. The van der Waals surface area contributed by atoms with E-state index in [1.807, 2.05) is 0 Å². The van der Waals surface area contributed by atoms with E-state index in [1.165, 1.54) is 52.1 Å². The van der Waals surface area contributed by atoms with Crippen LogP contribution in [0.1, 0.15) is 86.3 Å². The topological polar surface area (TPSA) is 12.5 Å². The minimum absolute atomic E-state index is 0.00259. The average Bonchev–Trinajstić information content (AvgIpc) is 3.25. The molecule has 0 N–H and O–H groups in total. The number of allylic oxidation sites excluding steroid dienone is 1. The normalized spacial score (nSPS) is 34.5. The molecule has 3 unspecified atom stereocenters. The number of nitrogens with zero attached hydrogens (tertiary/aromatic N) is 1. The Morgan fingerprint density at radius 2 is 1.43 bits per heavy atom. The third kappa shape index (κ3) is 2.58. The molecule has 4 rings (SSSR count). The van der Waals surface area contributed by atoms with E-state index in [9.17, 15) is 0 Å². The van der Waals surface area contributed by atoms with Crippen LogP contribution in [0.15, 0.2) is 40.6 Å². The van der Waals surface area contributed by atoms with Crippen LogP contribution < -0.4 is 4.90 Å². The van der Waals surface area contributed by atoms with Gasteiger partial charge < -0.3 is 9.64 Å². The monoisotopic (exact) mass is 407 g/mol. The number of anilines is 1. The van der Waals surface area contributed by atoms with Gasteiger partial charge in [0, 0.05) is 22.3 Å². The second-order valence-electron chi connectivity index (χ2n) is 11.5. The molecule has 2 aliphatic heterocycles. The molecule has 1 saturated carbocycles. The summed E-state index contributed by atoms with van der Waals surface area (Å²) in [6.07, 6.45) is 2.34. The van der Waals surface area contributed by atoms with Gasteiger partial charge in [0.2, 0.25) is 0 Å². The van der Waals surface area contributed by atoms with Crippen LogP contribution in [0.25, 0.3) is 0 Å². The number of aryl methyl sites for hydroxylation is 2. The predicted octanol–water partition coefficient (Wildman–Crippen LogP) is 7.50. The van der Waals surface area contributed by atoms with E-state index >= 15 is 0 Å². The lowest BCUT2D eigenvalue weighted by atomic mass is 9.66. The Morgan fingerprint density at radius 1 is 0.867 bits per heavy atom. The predicted molar refractivity (Wildman–Crippen MR) is 128 cm³/mol. The average molecular weight is 408 g/mol. The number of hydrogen-bond donors (Lipinski definition) is 0. The van der Waals surface area contributed by atoms with Gasteiger partial charge in [0.15, 0.2) is 0 Å². The van der Waals surface area contributed by atoms with Gasteiger partial charge in [-0.3, -0.25) is 0 Å². The minimum Gasteiger partial charge on any atom is -0.360 e. The summed E-state index contributed by atoms with van der Waals surface area (Å²) in [5, 5.41) is 0. The molecule has 3 aliphatic rings. The molecule has 0 radical (unpaired) electrons. The fourth-order valence-electron chi connectivity index (χ4n) is 6.70. The summed E-state index contributed by atoms with van der Waals surface area (Å²) in [4.78, 5) is 2.63. The van der Waals surface area contributed by atoms with Crippen molar-refractivity contribution in [2.24, 2.45) is 11.3 Å². The number of para-hydroxylation sites is 1. The molecule has 0 saturated heterocycles.